The van der Waals surface area contributed by atoms with Gasteiger partial charge < -0.3 is 25.2 Å². The van der Waals surface area contributed by atoms with E-state index in [2.05, 4.69) is 6.07 Å². The molecule has 4 N–H and O–H groups in total. The van der Waals surface area contributed by atoms with Crippen molar-refractivity contribution in [3.05, 3.63) is 70.8 Å². The number of benzene rings is 2. The molecule has 3 rings (SSSR count). The van der Waals surface area contributed by atoms with Gasteiger partial charge in [0, 0.05) is 0 Å². The van der Waals surface area contributed by atoms with Crippen molar-refractivity contribution in [2.45, 2.75) is 36.9 Å². The summed E-state index contributed by atoms with van der Waals surface area (Å²) in [5, 5.41) is 48.9. The van der Waals surface area contributed by atoms with Crippen LogP contribution in [-0.4, -0.2) is 51.4 Å². The van der Waals surface area contributed by atoms with Crippen molar-refractivity contribution in [3.63, 3.8) is 0 Å². The molecular formula is C20H21NO5. The van der Waals surface area contributed by atoms with Gasteiger partial charge in [-0.25, -0.2) is 0 Å². The lowest BCUT2D eigenvalue weighted by molar-refractivity contribution is -0.231. The molecule has 2 aromatic carbocycles. The second-order valence-corrected chi connectivity index (χ2v) is 6.44. The van der Waals surface area contributed by atoms with E-state index in [0.717, 1.165) is 11.1 Å². The highest BCUT2D eigenvalue weighted by Gasteiger charge is 2.44. The maximum Gasteiger partial charge on any atom is 0.113 e. The highest BCUT2D eigenvalue weighted by Crippen LogP contribution is 2.33. The summed E-state index contributed by atoms with van der Waals surface area (Å²) in [4.78, 5) is 0. The summed E-state index contributed by atoms with van der Waals surface area (Å²) in [6.07, 6.45) is -5.51. The normalized spacial score (nSPS) is 28.5. The maximum atomic E-state index is 10.3. The molecule has 26 heavy (non-hydrogen) atoms. The zero-order valence-corrected chi connectivity index (χ0v) is 14.1. The van der Waals surface area contributed by atoms with E-state index in [4.69, 9.17) is 4.74 Å². The van der Waals surface area contributed by atoms with Crippen LogP contribution in [0.2, 0.25) is 0 Å². The third-order valence-electron chi connectivity index (χ3n) is 4.71. The summed E-state index contributed by atoms with van der Waals surface area (Å²) in [7, 11) is 0. The lowest BCUT2D eigenvalue weighted by Crippen LogP contribution is -2.55. The molecule has 0 radical (unpaired) electrons. The van der Waals surface area contributed by atoms with Crippen molar-refractivity contribution >= 4 is 0 Å². The summed E-state index contributed by atoms with van der Waals surface area (Å²) < 4.78 is 5.60. The van der Waals surface area contributed by atoms with E-state index in [9.17, 15) is 25.7 Å². The molecule has 0 saturated carbocycles. The predicted octanol–water partition coefficient (Wildman–Crippen LogP) is 0.664. The van der Waals surface area contributed by atoms with Gasteiger partial charge in [-0.3, -0.25) is 0 Å². The lowest BCUT2D eigenvalue weighted by Gasteiger charge is -2.40. The minimum atomic E-state index is -1.43. The Labute approximate surface area is 151 Å². The summed E-state index contributed by atoms with van der Waals surface area (Å²) in [5.41, 5.74) is 2.90. The molecule has 1 fully saturated rings. The van der Waals surface area contributed by atoms with Gasteiger partial charge in [0.2, 0.25) is 0 Å². The average molecular weight is 355 g/mol. The number of hydrogen-bond acceptors (Lipinski definition) is 6. The summed E-state index contributed by atoms with van der Waals surface area (Å²) >= 11 is 0. The van der Waals surface area contributed by atoms with Crippen molar-refractivity contribution < 1.29 is 25.2 Å². The van der Waals surface area contributed by atoms with Crippen LogP contribution in [0.1, 0.15) is 28.4 Å². The Morgan fingerprint density at radius 2 is 1.69 bits per heavy atom. The van der Waals surface area contributed by atoms with Crippen LogP contribution in [0.4, 0.5) is 0 Å². The molecule has 1 aliphatic rings. The molecule has 6 nitrogen and oxygen atoms in total. The molecule has 2 aromatic rings. The monoisotopic (exact) mass is 355 g/mol. The Hall–Kier alpha value is -2.27. The van der Waals surface area contributed by atoms with Crippen LogP contribution < -0.4 is 0 Å². The molecule has 5 atom stereocenters. The van der Waals surface area contributed by atoms with Crippen LogP contribution in [0.15, 0.2) is 48.5 Å². The summed E-state index contributed by atoms with van der Waals surface area (Å²) in [6.45, 7) is -0.478. The Morgan fingerprint density at radius 3 is 2.35 bits per heavy atom. The summed E-state index contributed by atoms with van der Waals surface area (Å²) in [5.74, 6) is 0. The van der Waals surface area contributed by atoms with Crippen molar-refractivity contribution in [1.29, 1.82) is 5.26 Å². The van der Waals surface area contributed by atoms with E-state index in [-0.39, 0.29) is 0 Å². The first-order valence-corrected chi connectivity index (χ1v) is 8.42. The molecule has 1 heterocycles. The number of hydrogen-bond donors (Lipinski definition) is 4. The number of nitrogens with zero attached hydrogens (tertiary/aromatic N) is 1. The van der Waals surface area contributed by atoms with Crippen LogP contribution in [0.5, 0.6) is 0 Å². The molecular weight excluding hydrogens is 334 g/mol. The van der Waals surface area contributed by atoms with E-state index < -0.39 is 37.1 Å². The molecule has 1 saturated heterocycles. The van der Waals surface area contributed by atoms with Crippen molar-refractivity contribution in [2.75, 3.05) is 6.61 Å². The van der Waals surface area contributed by atoms with Crippen molar-refractivity contribution in [3.8, 4) is 6.07 Å². The highest BCUT2D eigenvalue weighted by atomic mass is 16.5. The molecule has 0 aliphatic carbocycles. The van der Waals surface area contributed by atoms with Crippen LogP contribution in [-0.2, 0) is 11.2 Å². The topological polar surface area (TPSA) is 114 Å². The van der Waals surface area contributed by atoms with E-state index in [1.807, 2.05) is 30.3 Å². The van der Waals surface area contributed by atoms with E-state index in [0.29, 0.717) is 17.5 Å². The van der Waals surface area contributed by atoms with Gasteiger partial charge in [-0.15, -0.1) is 0 Å². The molecule has 1 aliphatic heterocycles. The van der Waals surface area contributed by atoms with Gasteiger partial charge in [0.25, 0.3) is 0 Å². The molecule has 136 valence electrons. The maximum absolute atomic E-state index is 10.3. The van der Waals surface area contributed by atoms with Gasteiger partial charge in [0.1, 0.15) is 30.5 Å². The number of aliphatic hydroxyl groups is 4. The van der Waals surface area contributed by atoms with E-state index >= 15 is 0 Å². The van der Waals surface area contributed by atoms with Gasteiger partial charge in [-0.05, 0) is 29.2 Å². The first-order valence-electron chi connectivity index (χ1n) is 8.42. The smallest absolute Gasteiger partial charge is 0.113 e. The second kappa shape index (κ2) is 7.96. The van der Waals surface area contributed by atoms with Gasteiger partial charge in [0.15, 0.2) is 0 Å². The van der Waals surface area contributed by atoms with Crippen molar-refractivity contribution in [1.82, 2.24) is 0 Å². The minimum Gasteiger partial charge on any atom is -0.394 e. The first kappa shape index (κ1) is 18.5. The highest BCUT2D eigenvalue weighted by molar-refractivity contribution is 5.44. The fourth-order valence-corrected chi connectivity index (χ4v) is 3.24. The Kier molecular flexibility index (Phi) is 5.67. The zero-order valence-electron chi connectivity index (χ0n) is 14.1. The Morgan fingerprint density at radius 1 is 0.962 bits per heavy atom. The molecule has 0 spiro atoms. The third-order valence-corrected chi connectivity index (χ3v) is 4.71. The fourth-order valence-electron chi connectivity index (χ4n) is 3.24. The number of nitriles is 1. The first-order chi connectivity index (χ1) is 12.5. The minimum absolute atomic E-state index is 0.478. The van der Waals surface area contributed by atoms with Gasteiger partial charge in [0.05, 0.1) is 18.2 Å². The van der Waals surface area contributed by atoms with Gasteiger partial charge >= 0.3 is 0 Å². The van der Waals surface area contributed by atoms with Gasteiger partial charge in [-0.2, -0.15) is 5.26 Å². The number of ether oxygens (including phenoxy) is 1. The zero-order chi connectivity index (χ0) is 18.7. The van der Waals surface area contributed by atoms with Crippen molar-refractivity contribution in [2.24, 2.45) is 0 Å². The van der Waals surface area contributed by atoms with Crippen LogP contribution in [0.25, 0.3) is 0 Å². The number of rotatable bonds is 4. The standard InChI is InChI=1S/C20H21NO5/c21-10-14-7-6-13(9-15(14)8-12-4-2-1-3-5-12)20-19(25)18(24)17(23)16(11-22)26-20/h1-7,9,16-20,22-25H,8,11H2/t16-,17?,18?,19?,20+/m1/s1. The van der Waals surface area contributed by atoms with E-state index in [1.165, 1.54) is 0 Å². The van der Waals surface area contributed by atoms with Gasteiger partial charge in [-0.1, -0.05) is 42.5 Å². The largest absolute Gasteiger partial charge is 0.394 e. The Balaban J connectivity index is 1.93. The molecule has 0 aromatic heterocycles. The molecule has 0 amide bonds. The molecule has 0 bridgehead atoms. The quantitative estimate of drug-likeness (QED) is 0.641. The fraction of sp³-hybridized carbons (Fsp3) is 0.350. The average Bonchev–Trinajstić information content (AvgIpc) is 2.67. The van der Waals surface area contributed by atoms with Crippen LogP contribution in [0.3, 0.4) is 0 Å². The van der Waals surface area contributed by atoms with E-state index in [1.54, 1.807) is 18.2 Å². The van der Waals surface area contributed by atoms with Crippen LogP contribution in [0, 0.1) is 11.3 Å². The predicted molar refractivity (Wildman–Crippen MR) is 93.1 cm³/mol. The third kappa shape index (κ3) is 3.63. The lowest BCUT2D eigenvalue weighted by atomic mass is 9.89. The Bertz CT molecular complexity index is 787. The summed E-state index contributed by atoms with van der Waals surface area (Å²) in [6, 6.07) is 16.9. The molecule has 6 heteroatoms. The second-order valence-electron chi connectivity index (χ2n) is 6.44. The SMILES string of the molecule is N#Cc1ccc([C@@H]2O[C@H](CO)C(O)C(O)C2O)cc1Cc1ccccc1. The van der Waals surface area contributed by atoms with Crippen LogP contribution >= 0.6 is 0 Å². The number of aliphatic hydroxyl groups excluding tert-OH is 4. The molecule has 3 unspecified atom stereocenters.